The number of amides is 1. The fraction of sp³-hybridized carbons (Fsp3) is 0.240. The Morgan fingerprint density at radius 1 is 1.03 bits per heavy atom. The summed E-state index contributed by atoms with van der Waals surface area (Å²) >= 11 is 0. The second kappa shape index (κ2) is 9.80. The molecule has 4 rings (SSSR count). The minimum atomic E-state index is -0.543. The summed E-state index contributed by atoms with van der Waals surface area (Å²) in [5, 5.41) is 7.44. The van der Waals surface area contributed by atoms with Crippen LogP contribution in [0.3, 0.4) is 0 Å². The Hall–Kier alpha value is -4.47. The molecule has 0 aliphatic heterocycles. The molecule has 2 aromatic carbocycles. The molecule has 0 unspecified atom stereocenters. The molecule has 180 valence electrons. The number of benzene rings is 2. The molecule has 10 nitrogen and oxygen atoms in total. The van der Waals surface area contributed by atoms with Crippen LogP contribution in [-0.4, -0.2) is 37.4 Å². The Kier molecular flexibility index (Phi) is 6.63. The minimum absolute atomic E-state index is 0.198. The van der Waals surface area contributed by atoms with Crippen molar-refractivity contribution >= 4 is 28.5 Å². The van der Waals surface area contributed by atoms with Crippen LogP contribution in [0, 0.1) is 6.92 Å². The number of para-hydroxylation sites is 1. The van der Waals surface area contributed by atoms with Gasteiger partial charge in [0.25, 0.3) is 5.56 Å². The van der Waals surface area contributed by atoms with Crippen LogP contribution < -0.4 is 16.6 Å². The average Bonchev–Trinajstić information content (AvgIpc) is 3.24. The van der Waals surface area contributed by atoms with Crippen molar-refractivity contribution in [3.63, 3.8) is 0 Å². The lowest BCUT2D eigenvalue weighted by Gasteiger charge is -2.14. The molecule has 2 heterocycles. The molecule has 10 heteroatoms. The van der Waals surface area contributed by atoms with Gasteiger partial charge in [-0.15, -0.1) is 0 Å². The van der Waals surface area contributed by atoms with Gasteiger partial charge in [-0.2, -0.15) is 5.10 Å². The third kappa shape index (κ3) is 4.50. The van der Waals surface area contributed by atoms with E-state index in [4.69, 9.17) is 4.74 Å². The molecule has 2 aromatic heterocycles. The highest BCUT2D eigenvalue weighted by atomic mass is 16.5. The summed E-state index contributed by atoms with van der Waals surface area (Å²) in [6, 6.07) is 13.7. The van der Waals surface area contributed by atoms with Crippen LogP contribution in [0.25, 0.3) is 16.6 Å². The maximum atomic E-state index is 12.9. The number of hydrogen-bond acceptors (Lipinski definition) is 6. The number of carbonyl (C=O) groups excluding carboxylic acids is 2. The van der Waals surface area contributed by atoms with Crippen LogP contribution in [0.1, 0.15) is 29.9 Å². The Bertz CT molecular complexity index is 1550. The average molecular weight is 476 g/mol. The largest absolute Gasteiger partial charge is 0.462 e. The summed E-state index contributed by atoms with van der Waals surface area (Å²) in [7, 11) is 0. The lowest BCUT2D eigenvalue weighted by Crippen LogP contribution is -2.41. The molecule has 0 atom stereocenters. The highest BCUT2D eigenvalue weighted by Gasteiger charge is 2.17. The molecule has 0 spiro atoms. The maximum Gasteiger partial charge on any atom is 0.341 e. The van der Waals surface area contributed by atoms with Gasteiger partial charge in [-0.3, -0.25) is 18.7 Å². The predicted molar refractivity (Wildman–Crippen MR) is 131 cm³/mol. The van der Waals surface area contributed by atoms with Crippen molar-refractivity contribution in [1.29, 1.82) is 0 Å². The number of rotatable bonds is 7. The van der Waals surface area contributed by atoms with Gasteiger partial charge in [0, 0.05) is 12.2 Å². The van der Waals surface area contributed by atoms with Crippen molar-refractivity contribution in [1.82, 2.24) is 18.9 Å². The van der Waals surface area contributed by atoms with Crippen LogP contribution in [0.4, 0.5) is 5.69 Å². The van der Waals surface area contributed by atoms with Crippen molar-refractivity contribution in [3.05, 3.63) is 86.8 Å². The molecular weight excluding hydrogens is 450 g/mol. The first-order valence-electron chi connectivity index (χ1n) is 11.2. The Balaban J connectivity index is 1.61. The molecule has 4 aromatic rings. The number of nitrogens with one attached hydrogen (secondary N) is 1. The van der Waals surface area contributed by atoms with Crippen LogP contribution in [-0.2, 0) is 22.6 Å². The SMILES string of the molecule is CCOC(=O)c1cnn(-c2cccc(NC(=O)Cn3c(=O)n(CC)c(=O)c4ccccc43)c2)c1C. The summed E-state index contributed by atoms with van der Waals surface area (Å²) in [4.78, 5) is 50.5. The summed E-state index contributed by atoms with van der Waals surface area (Å²) < 4.78 is 9.04. The smallest absolute Gasteiger partial charge is 0.341 e. The first kappa shape index (κ1) is 23.7. The van der Waals surface area contributed by atoms with Gasteiger partial charge in [0.05, 0.1) is 35.1 Å². The number of carbonyl (C=O) groups is 2. The number of anilines is 1. The second-order valence-electron chi connectivity index (χ2n) is 7.81. The van der Waals surface area contributed by atoms with Crippen molar-refractivity contribution in [2.75, 3.05) is 11.9 Å². The van der Waals surface area contributed by atoms with E-state index < -0.39 is 17.6 Å². The van der Waals surface area contributed by atoms with Gasteiger partial charge in [0.15, 0.2) is 0 Å². The standard InChI is InChI=1S/C25H25N5O5/c1-4-28-23(32)19-11-6-7-12-21(19)29(25(28)34)15-22(31)27-17-9-8-10-18(13-17)30-16(3)20(14-26-30)24(33)35-5-2/h6-14H,4-5,15H2,1-3H3,(H,27,31). The van der Waals surface area contributed by atoms with Gasteiger partial charge in [0.1, 0.15) is 12.1 Å². The van der Waals surface area contributed by atoms with Crippen LogP contribution >= 0.6 is 0 Å². The summed E-state index contributed by atoms with van der Waals surface area (Å²) in [5.74, 6) is -0.883. The second-order valence-corrected chi connectivity index (χ2v) is 7.81. The van der Waals surface area contributed by atoms with E-state index in [1.807, 2.05) is 0 Å². The van der Waals surface area contributed by atoms with Gasteiger partial charge in [-0.25, -0.2) is 14.3 Å². The van der Waals surface area contributed by atoms with Gasteiger partial charge < -0.3 is 10.1 Å². The topological polar surface area (TPSA) is 117 Å². The number of esters is 1. The normalized spacial score (nSPS) is 10.9. The van der Waals surface area contributed by atoms with Crippen LogP contribution in [0.15, 0.2) is 64.3 Å². The first-order chi connectivity index (χ1) is 16.8. The zero-order valence-electron chi connectivity index (χ0n) is 19.6. The Labute approximate surface area is 200 Å². The molecular formula is C25H25N5O5. The number of fused-ring (bicyclic) bond motifs is 1. The van der Waals surface area contributed by atoms with Gasteiger partial charge >= 0.3 is 11.7 Å². The Morgan fingerprint density at radius 3 is 2.54 bits per heavy atom. The molecule has 0 saturated carbocycles. The van der Waals surface area contributed by atoms with Crippen LogP contribution in [0.2, 0.25) is 0 Å². The predicted octanol–water partition coefficient (Wildman–Crippen LogP) is 2.49. The Morgan fingerprint density at radius 2 is 1.80 bits per heavy atom. The number of hydrogen-bond donors (Lipinski definition) is 1. The van der Waals surface area contributed by atoms with Gasteiger partial charge in [-0.05, 0) is 51.1 Å². The summed E-state index contributed by atoms with van der Waals surface area (Å²) in [6.45, 7) is 5.39. The van der Waals surface area contributed by atoms with Crippen molar-refractivity contribution in [3.8, 4) is 5.69 Å². The third-order valence-electron chi connectivity index (χ3n) is 5.63. The molecule has 0 fully saturated rings. The molecule has 0 aliphatic rings. The third-order valence-corrected chi connectivity index (χ3v) is 5.63. The molecule has 0 radical (unpaired) electrons. The molecule has 0 saturated heterocycles. The quantitative estimate of drug-likeness (QED) is 0.411. The fourth-order valence-electron chi connectivity index (χ4n) is 3.94. The molecule has 35 heavy (non-hydrogen) atoms. The van der Waals surface area contributed by atoms with E-state index in [9.17, 15) is 19.2 Å². The molecule has 0 bridgehead atoms. The lowest BCUT2D eigenvalue weighted by molar-refractivity contribution is -0.116. The molecule has 1 amide bonds. The number of ether oxygens (including phenoxy) is 1. The fourth-order valence-corrected chi connectivity index (χ4v) is 3.94. The highest BCUT2D eigenvalue weighted by Crippen LogP contribution is 2.19. The highest BCUT2D eigenvalue weighted by molar-refractivity contribution is 5.92. The number of nitrogens with zero attached hydrogens (tertiary/aromatic N) is 4. The number of aromatic nitrogens is 4. The van der Waals surface area contributed by atoms with Gasteiger partial charge in [-0.1, -0.05) is 18.2 Å². The maximum absolute atomic E-state index is 12.9. The zero-order chi connectivity index (χ0) is 25.1. The summed E-state index contributed by atoms with van der Waals surface area (Å²) in [6.07, 6.45) is 1.44. The lowest BCUT2D eigenvalue weighted by atomic mass is 10.2. The first-order valence-corrected chi connectivity index (χ1v) is 11.2. The monoisotopic (exact) mass is 475 g/mol. The zero-order valence-corrected chi connectivity index (χ0v) is 19.6. The van der Waals surface area contributed by atoms with Crippen molar-refractivity contribution in [2.24, 2.45) is 0 Å². The van der Waals surface area contributed by atoms with Gasteiger partial charge in [0.2, 0.25) is 5.91 Å². The van der Waals surface area contributed by atoms with E-state index in [0.717, 1.165) is 4.57 Å². The van der Waals surface area contributed by atoms with Crippen LogP contribution in [0.5, 0.6) is 0 Å². The van der Waals surface area contributed by atoms with E-state index in [-0.39, 0.29) is 25.3 Å². The van der Waals surface area contributed by atoms with E-state index in [0.29, 0.717) is 33.5 Å². The van der Waals surface area contributed by atoms with Crippen molar-refractivity contribution < 1.29 is 14.3 Å². The van der Waals surface area contributed by atoms with Crippen molar-refractivity contribution in [2.45, 2.75) is 33.9 Å². The molecule has 0 aliphatic carbocycles. The minimum Gasteiger partial charge on any atom is -0.462 e. The van der Waals surface area contributed by atoms with E-state index in [2.05, 4.69) is 10.4 Å². The molecule has 1 N–H and O–H groups in total. The summed E-state index contributed by atoms with van der Waals surface area (Å²) in [5.41, 5.74) is 1.56. The van der Waals surface area contributed by atoms with E-state index in [1.54, 1.807) is 74.0 Å². The van der Waals surface area contributed by atoms with E-state index in [1.165, 1.54) is 10.8 Å². The van der Waals surface area contributed by atoms with E-state index >= 15 is 0 Å².